The van der Waals surface area contributed by atoms with Crippen LogP contribution in [-0.2, 0) is 0 Å². The fraction of sp³-hybridized carbons (Fsp3) is 0.0833. The zero-order chi connectivity index (χ0) is 20.1. The smallest absolute Gasteiger partial charge is 0.148 e. The summed E-state index contributed by atoms with van der Waals surface area (Å²) in [6.45, 7) is 0.214. The van der Waals surface area contributed by atoms with E-state index in [0.29, 0.717) is 22.6 Å². The third-order valence-corrected chi connectivity index (χ3v) is 4.58. The van der Waals surface area contributed by atoms with E-state index in [4.69, 9.17) is 11.2 Å². The van der Waals surface area contributed by atoms with Gasteiger partial charge in [0.2, 0.25) is 0 Å². The van der Waals surface area contributed by atoms with E-state index in [1.165, 1.54) is 0 Å². The van der Waals surface area contributed by atoms with Crippen molar-refractivity contribution in [1.29, 1.82) is 0 Å². The first-order valence-electron chi connectivity index (χ1n) is 9.16. The van der Waals surface area contributed by atoms with Crippen molar-refractivity contribution in [2.24, 2.45) is 0 Å². The summed E-state index contributed by atoms with van der Waals surface area (Å²) in [5.74, 6) is 3.98. The monoisotopic (exact) mass is 381 g/mol. The van der Waals surface area contributed by atoms with Crippen molar-refractivity contribution < 1.29 is 9.84 Å². The number of phenolic OH excluding ortho intramolecular Hbond substituents is 1. The van der Waals surface area contributed by atoms with E-state index in [1.807, 2.05) is 66.7 Å². The zero-order valence-electron chi connectivity index (χ0n) is 15.6. The van der Waals surface area contributed by atoms with Crippen LogP contribution in [0.2, 0.25) is 0 Å². The summed E-state index contributed by atoms with van der Waals surface area (Å²) in [6, 6.07) is 20.5. The number of rotatable bonds is 6. The summed E-state index contributed by atoms with van der Waals surface area (Å²) in [7, 11) is 0. The molecule has 0 aliphatic rings. The van der Waals surface area contributed by atoms with Crippen molar-refractivity contribution in [2.45, 2.75) is 6.04 Å². The lowest BCUT2D eigenvalue weighted by Crippen LogP contribution is -2.13. The number of pyridine rings is 2. The number of hydrogen-bond acceptors (Lipinski definition) is 5. The molecule has 5 nitrogen and oxygen atoms in total. The van der Waals surface area contributed by atoms with Crippen molar-refractivity contribution in [1.82, 2.24) is 9.97 Å². The minimum absolute atomic E-state index is 0.143. The Hall–Kier alpha value is -4.04. The number of ether oxygens (including phenoxy) is 1. The van der Waals surface area contributed by atoms with Crippen LogP contribution in [-0.4, -0.2) is 21.7 Å². The molecule has 1 unspecified atom stereocenters. The molecule has 0 saturated carbocycles. The highest BCUT2D eigenvalue weighted by atomic mass is 16.5. The molecule has 2 aromatic carbocycles. The Morgan fingerprint density at radius 3 is 2.55 bits per heavy atom. The van der Waals surface area contributed by atoms with Crippen LogP contribution in [0.25, 0.3) is 10.9 Å². The van der Waals surface area contributed by atoms with Gasteiger partial charge in [0.25, 0.3) is 0 Å². The minimum Gasteiger partial charge on any atom is -0.505 e. The van der Waals surface area contributed by atoms with Gasteiger partial charge in [-0.05, 0) is 35.9 Å². The number of fused-ring (bicyclic) bond motifs is 1. The van der Waals surface area contributed by atoms with Crippen molar-refractivity contribution in [2.75, 3.05) is 11.9 Å². The number of nitrogens with zero attached hydrogens (tertiary/aromatic N) is 2. The number of phenols is 1. The number of hydrogen-bond donors (Lipinski definition) is 2. The van der Waals surface area contributed by atoms with Crippen LogP contribution in [0, 0.1) is 12.3 Å². The summed E-state index contributed by atoms with van der Waals surface area (Å²) in [6.07, 6.45) is 8.64. The molecule has 142 valence electrons. The van der Waals surface area contributed by atoms with Gasteiger partial charge < -0.3 is 15.2 Å². The first-order valence-corrected chi connectivity index (χ1v) is 9.16. The number of nitrogens with one attached hydrogen (secondary N) is 1. The van der Waals surface area contributed by atoms with Crippen molar-refractivity contribution in [3.63, 3.8) is 0 Å². The standard InChI is InChI=1S/C24H19N3O2/c1-2-16-29-19-11-8-18(9-12-19)22(27-21-7-3-4-14-25-21)20-13-10-17-6-5-15-26-23(17)24(20)28/h1,3-15,22,28H,16H2,(H,25,27). The number of benzene rings is 2. The molecule has 0 fully saturated rings. The molecule has 0 radical (unpaired) electrons. The van der Waals surface area contributed by atoms with Gasteiger partial charge in [0.15, 0.2) is 0 Å². The summed E-state index contributed by atoms with van der Waals surface area (Å²) < 4.78 is 5.47. The van der Waals surface area contributed by atoms with E-state index in [9.17, 15) is 5.11 Å². The van der Waals surface area contributed by atoms with Crippen molar-refractivity contribution >= 4 is 16.7 Å². The molecule has 0 saturated heterocycles. The van der Waals surface area contributed by atoms with Gasteiger partial charge in [0, 0.05) is 23.3 Å². The minimum atomic E-state index is -0.335. The van der Waals surface area contributed by atoms with Crippen LogP contribution in [0.15, 0.2) is 79.1 Å². The van der Waals surface area contributed by atoms with E-state index < -0.39 is 0 Å². The summed E-state index contributed by atoms with van der Waals surface area (Å²) in [5, 5.41) is 15.2. The lowest BCUT2D eigenvalue weighted by Gasteiger charge is -2.22. The first kappa shape index (κ1) is 18.3. The van der Waals surface area contributed by atoms with Crippen LogP contribution in [0.5, 0.6) is 11.5 Å². The third-order valence-electron chi connectivity index (χ3n) is 4.58. The number of aromatic hydroxyl groups is 1. The largest absolute Gasteiger partial charge is 0.505 e. The molecule has 2 N–H and O–H groups in total. The average Bonchev–Trinajstić information content (AvgIpc) is 2.78. The summed E-state index contributed by atoms with van der Waals surface area (Å²) in [4.78, 5) is 8.70. The summed E-state index contributed by atoms with van der Waals surface area (Å²) >= 11 is 0. The molecule has 0 aliphatic carbocycles. The highest BCUT2D eigenvalue weighted by Crippen LogP contribution is 2.36. The second-order valence-corrected chi connectivity index (χ2v) is 6.43. The molecule has 0 bridgehead atoms. The molecular weight excluding hydrogens is 362 g/mol. The molecule has 2 aromatic heterocycles. The van der Waals surface area contributed by atoms with Gasteiger partial charge in [-0.1, -0.05) is 42.3 Å². The number of anilines is 1. The molecule has 0 spiro atoms. The maximum Gasteiger partial charge on any atom is 0.148 e. The lowest BCUT2D eigenvalue weighted by molar-refractivity contribution is 0.370. The molecule has 4 aromatic rings. The van der Waals surface area contributed by atoms with E-state index in [1.54, 1.807) is 12.4 Å². The van der Waals surface area contributed by atoms with Gasteiger partial charge in [-0.15, -0.1) is 6.42 Å². The fourth-order valence-electron chi connectivity index (χ4n) is 3.20. The van der Waals surface area contributed by atoms with Crippen LogP contribution >= 0.6 is 0 Å². The Balaban J connectivity index is 1.77. The molecule has 1 atom stereocenters. The molecule has 4 rings (SSSR count). The lowest BCUT2D eigenvalue weighted by atomic mass is 9.96. The fourth-order valence-corrected chi connectivity index (χ4v) is 3.20. The van der Waals surface area contributed by atoms with E-state index >= 15 is 0 Å². The molecule has 0 amide bonds. The predicted octanol–water partition coefficient (Wildman–Crippen LogP) is 4.55. The van der Waals surface area contributed by atoms with Gasteiger partial charge in [0.05, 0.1) is 6.04 Å². The topological polar surface area (TPSA) is 67.3 Å². The van der Waals surface area contributed by atoms with Gasteiger partial charge in [-0.25, -0.2) is 4.98 Å². The average molecular weight is 381 g/mol. The van der Waals surface area contributed by atoms with Crippen LogP contribution in [0.3, 0.4) is 0 Å². The van der Waals surface area contributed by atoms with E-state index in [2.05, 4.69) is 21.2 Å². The maximum atomic E-state index is 11.0. The number of terminal acetylenes is 1. The van der Waals surface area contributed by atoms with Crippen LogP contribution in [0.4, 0.5) is 5.82 Å². The van der Waals surface area contributed by atoms with E-state index in [-0.39, 0.29) is 18.4 Å². The Labute approximate surface area is 169 Å². The highest BCUT2D eigenvalue weighted by Gasteiger charge is 2.20. The van der Waals surface area contributed by atoms with Crippen LogP contribution < -0.4 is 10.1 Å². The molecule has 0 aliphatic heterocycles. The normalized spacial score (nSPS) is 11.6. The Morgan fingerprint density at radius 2 is 1.79 bits per heavy atom. The zero-order valence-corrected chi connectivity index (χ0v) is 15.6. The van der Waals surface area contributed by atoms with E-state index in [0.717, 1.165) is 10.9 Å². The Kier molecular flexibility index (Phi) is 5.26. The van der Waals surface area contributed by atoms with Gasteiger partial charge in [-0.3, -0.25) is 4.98 Å². The van der Waals surface area contributed by atoms with Crippen molar-refractivity contribution in [3.8, 4) is 23.8 Å². The molecular formula is C24H19N3O2. The third kappa shape index (κ3) is 3.97. The molecule has 2 heterocycles. The Bertz CT molecular complexity index is 1150. The maximum absolute atomic E-state index is 11.0. The predicted molar refractivity (Wildman–Crippen MR) is 114 cm³/mol. The van der Waals surface area contributed by atoms with Crippen LogP contribution in [0.1, 0.15) is 17.2 Å². The van der Waals surface area contributed by atoms with Gasteiger partial charge in [0.1, 0.15) is 29.4 Å². The van der Waals surface area contributed by atoms with Crippen molar-refractivity contribution in [3.05, 3.63) is 90.3 Å². The second kappa shape index (κ2) is 8.32. The summed E-state index contributed by atoms with van der Waals surface area (Å²) in [5.41, 5.74) is 2.21. The highest BCUT2D eigenvalue weighted by molar-refractivity contribution is 5.86. The first-order chi connectivity index (χ1) is 14.3. The second-order valence-electron chi connectivity index (χ2n) is 6.43. The number of aromatic nitrogens is 2. The molecule has 5 heteroatoms. The molecule has 29 heavy (non-hydrogen) atoms. The quantitative estimate of drug-likeness (QED) is 0.480. The van der Waals surface area contributed by atoms with Gasteiger partial charge >= 0.3 is 0 Å². The van der Waals surface area contributed by atoms with Gasteiger partial charge in [-0.2, -0.15) is 0 Å². The Morgan fingerprint density at radius 1 is 0.966 bits per heavy atom. The SMILES string of the molecule is C#CCOc1ccc(C(Nc2ccccn2)c2ccc3cccnc3c2O)cc1.